The maximum Gasteiger partial charge on any atom is 0.328 e. The normalized spacial score (nSPS) is 16.4. The Morgan fingerprint density at radius 1 is 1.41 bits per heavy atom. The molecule has 96 valence electrons. The smallest absolute Gasteiger partial charge is 0.328 e. The second-order valence-corrected chi connectivity index (χ2v) is 6.11. The fourth-order valence-corrected chi connectivity index (χ4v) is 2.72. The minimum Gasteiger partial charge on any atom is -0.399 e. The average molecular weight is 257 g/mol. The molecule has 2 unspecified atom stereocenters. The van der Waals surface area contributed by atoms with E-state index in [0.29, 0.717) is 12.1 Å². The van der Waals surface area contributed by atoms with Gasteiger partial charge in [-0.3, -0.25) is 4.57 Å². The molecule has 0 amide bonds. The second-order valence-electron chi connectivity index (χ2n) is 4.18. The van der Waals surface area contributed by atoms with Gasteiger partial charge in [0.25, 0.3) is 0 Å². The fourth-order valence-electron chi connectivity index (χ4n) is 1.36. The van der Waals surface area contributed by atoms with Gasteiger partial charge in [0.05, 0.1) is 12.3 Å². The molecule has 0 aliphatic heterocycles. The molecule has 4 nitrogen and oxygen atoms in total. The Hall–Kier alpha value is -0.830. The van der Waals surface area contributed by atoms with E-state index in [9.17, 15) is 9.46 Å². The monoisotopic (exact) mass is 257 g/mol. The first kappa shape index (κ1) is 14.2. The molecular formula is C12H20NO3P. The highest BCUT2D eigenvalue weighted by atomic mass is 31.2. The molecule has 2 atom stereocenters. The molecule has 0 heterocycles. The molecular weight excluding hydrogens is 237 g/mol. The minimum atomic E-state index is -3.47. The van der Waals surface area contributed by atoms with Crippen molar-refractivity contribution in [2.24, 2.45) is 0 Å². The maximum absolute atomic E-state index is 11.7. The van der Waals surface area contributed by atoms with Crippen LogP contribution < -0.4 is 5.73 Å². The summed E-state index contributed by atoms with van der Waals surface area (Å²) < 4.78 is 16.9. The van der Waals surface area contributed by atoms with Crippen LogP contribution in [0.2, 0.25) is 0 Å². The molecule has 17 heavy (non-hydrogen) atoms. The van der Waals surface area contributed by atoms with Crippen molar-refractivity contribution < 1.29 is 14.0 Å². The Balaban J connectivity index is 2.49. The van der Waals surface area contributed by atoms with Crippen LogP contribution in [0.25, 0.3) is 0 Å². The Morgan fingerprint density at radius 3 is 2.53 bits per heavy atom. The van der Waals surface area contributed by atoms with Crippen LogP contribution in [0.15, 0.2) is 24.3 Å². The third-order valence-electron chi connectivity index (χ3n) is 2.58. The lowest BCUT2D eigenvalue weighted by Crippen LogP contribution is -2.07. The summed E-state index contributed by atoms with van der Waals surface area (Å²) in [7, 11) is -3.47. The van der Waals surface area contributed by atoms with Gasteiger partial charge in [-0.1, -0.05) is 19.1 Å². The molecule has 1 aromatic carbocycles. The molecule has 5 heteroatoms. The van der Waals surface area contributed by atoms with E-state index in [1.165, 1.54) is 0 Å². The Labute approximate surface area is 102 Å². The van der Waals surface area contributed by atoms with E-state index in [1.807, 2.05) is 19.1 Å². The molecule has 0 aliphatic carbocycles. The maximum atomic E-state index is 11.7. The van der Waals surface area contributed by atoms with Crippen molar-refractivity contribution in [1.82, 2.24) is 0 Å². The summed E-state index contributed by atoms with van der Waals surface area (Å²) in [6.07, 6.45) is 1.20. The van der Waals surface area contributed by atoms with E-state index in [2.05, 4.69) is 0 Å². The van der Waals surface area contributed by atoms with E-state index in [1.54, 1.807) is 19.1 Å². The molecule has 0 fully saturated rings. The number of benzene rings is 1. The zero-order chi connectivity index (χ0) is 12.9. The summed E-state index contributed by atoms with van der Waals surface area (Å²) in [6, 6.07) is 7.29. The summed E-state index contributed by atoms with van der Waals surface area (Å²) in [5, 5.41) is 0. The molecule has 0 saturated carbocycles. The fraction of sp³-hybridized carbons (Fsp3) is 0.500. The van der Waals surface area contributed by atoms with Crippen molar-refractivity contribution in [2.75, 3.05) is 11.9 Å². The van der Waals surface area contributed by atoms with Crippen LogP contribution >= 0.6 is 7.60 Å². The standard InChI is InChI=1S/C12H20NO3P/c1-3-10(2)16-17(14,15)9-8-11-4-6-12(13)7-5-11/h4-7,10H,3,8-9,13H2,1-2H3,(H,14,15). The van der Waals surface area contributed by atoms with Gasteiger partial charge in [0, 0.05) is 5.69 Å². The van der Waals surface area contributed by atoms with Gasteiger partial charge in [0.15, 0.2) is 0 Å². The van der Waals surface area contributed by atoms with Gasteiger partial charge in [-0.05, 0) is 37.5 Å². The van der Waals surface area contributed by atoms with Crippen molar-refractivity contribution in [3.63, 3.8) is 0 Å². The minimum absolute atomic E-state index is 0.140. The van der Waals surface area contributed by atoms with E-state index < -0.39 is 7.60 Å². The molecule has 0 bridgehead atoms. The zero-order valence-corrected chi connectivity index (χ0v) is 11.2. The van der Waals surface area contributed by atoms with Crippen molar-refractivity contribution >= 4 is 13.3 Å². The van der Waals surface area contributed by atoms with Crippen LogP contribution in [-0.2, 0) is 15.5 Å². The summed E-state index contributed by atoms with van der Waals surface area (Å²) in [4.78, 5) is 9.64. The summed E-state index contributed by atoms with van der Waals surface area (Å²) >= 11 is 0. The van der Waals surface area contributed by atoms with Gasteiger partial charge >= 0.3 is 7.60 Å². The van der Waals surface area contributed by atoms with Gasteiger partial charge in [0.1, 0.15) is 0 Å². The number of hydrogen-bond acceptors (Lipinski definition) is 3. The molecule has 3 N–H and O–H groups in total. The Bertz CT molecular complexity index is 391. The highest BCUT2D eigenvalue weighted by Gasteiger charge is 2.21. The number of anilines is 1. The molecule has 0 radical (unpaired) electrons. The van der Waals surface area contributed by atoms with Gasteiger partial charge < -0.3 is 15.2 Å². The molecule has 1 rings (SSSR count). The van der Waals surface area contributed by atoms with Crippen molar-refractivity contribution in [3.8, 4) is 0 Å². The third kappa shape index (κ3) is 5.35. The van der Waals surface area contributed by atoms with Gasteiger partial charge in [-0.25, -0.2) is 0 Å². The van der Waals surface area contributed by atoms with E-state index in [0.717, 1.165) is 12.0 Å². The van der Waals surface area contributed by atoms with Crippen LogP contribution in [0, 0.1) is 0 Å². The summed E-state index contributed by atoms with van der Waals surface area (Å²) in [6.45, 7) is 3.72. The number of hydrogen-bond donors (Lipinski definition) is 2. The van der Waals surface area contributed by atoms with Crippen LogP contribution in [0.4, 0.5) is 5.69 Å². The number of aryl methyl sites for hydroxylation is 1. The first-order valence-electron chi connectivity index (χ1n) is 5.77. The van der Waals surface area contributed by atoms with Gasteiger partial charge in [-0.15, -0.1) is 0 Å². The highest BCUT2D eigenvalue weighted by Crippen LogP contribution is 2.44. The molecule has 1 aromatic rings. The zero-order valence-electron chi connectivity index (χ0n) is 10.3. The first-order chi connectivity index (χ1) is 7.93. The van der Waals surface area contributed by atoms with Crippen LogP contribution in [0.3, 0.4) is 0 Å². The second kappa shape index (κ2) is 6.20. The van der Waals surface area contributed by atoms with Crippen molar-refractivity contribution in [3.05, 3.63) is 29.8 Å². The van der Waals surface area contributed by atoms with E-state index in [4.69, 9.17) is 10.3 Å². The molecule has 0 aliphatic rings. The Morgan fingerprint density at radius 2 is 2.00 bits per heavy atom. The first-order valence-corrected chi connectivity index (χ1v) is 7.54. The molecule has 0 aromatic heterocycles. The summed E-state index contributed by atoms with van der Waals surface area (Å²) in [5.74, 6) is 0. The summed E-state index contributed by atoms with van der Waals surface area (Å²) in [5.41, 5.74) is 7.24. The van der Waals surface area contributed by atoms with E-state index in [-0.39, 0.29) is 12.3 Å². The van der Waals surface area contributed by atoms with Gasteiger partial charge in [0.2, 0.25) is 0 Å². The van der Waals surface area contributed by atoms with Crippen LogP contribution in [0.1, 0.15) is 25.8 Å². The van der Waals surface area contributed by atoms with Crippen molar-refractivity contribution in [1.29, 1.82) is 0 Å². The molecule has 0 saturated heterocycles. The molecule has 0 spiro atoms. The highest BCUT2D eigenvalue weighted by molar-refractivity contribution is 7.52. The lowest BCUT2D eigenvalue weighted by Gasteiger charge is -2.16. The van der Waals surface area contributed by atoms with Gasteiger partial charge in [-0.2, -0.15) is 0 Å². The number of nitrogens with two attached hydrogens (primary N) is 1. The predicted octanol–water partition coefficient (Wildman–Crippen LogP) is 2.81. The lowest BCUT2D eigenvalue weighted by molar-refractivity contribution is 0.185. The quantitative estimate of drug-likeness (QED) is 0.607. The van der Waals surface area contributed by atoms with Crippen LogP contribution in [0.5, 0.6) is 0 Å². The lowest BCUT2D eigenvalue weighted by atomic mass is 10.2. The SMILES string of the molecule is CCC(C)OP(=O)(O)CCc1ccc(N)cc1. The largest absolute Gasteiger partial charge is 0.399 e. The number of rotatable bonds is 6. The van der Waals surface area contributed by atoms with Crippen LogP contribution in [-0.4, -0.2) is 17.2 Å². The topological polar surface area (TPSA) is 72.5 Å². The average Bonchev–Trinajstić information content (AvgIpc) is 2.28. The predicted molar refractivity (Wildman–Crippen MR) is 70.1 cm³/mol. The van der Waals surface area contributed by atoms with Crippen molar-refractivity contribution in [2.45, 2.75) is 32.8 Å². The third-order valence-corrected chi connectivity index (χ3v) is 4.06. The Kier molecular flexibility index (Phi) is 5.19. The van der Waals surface area contributed by atoms with E-state index >= 15 is 0 Å². The number of nitrogen functional groups attached to an aromatic ring is 1.